The van der Waals surface area contributed by atoms with Crippen molar-refractivity contribution in [3.63, 3.8) is 0 Å². The van der Waals surface area contributed by atoms with Gasteiger partial charge in [-0.2, -0.15) is 13.2 Å². The third kappa shape index (κ3) is 2.88. The predicted octanol–water partition coefficient (Wildman–Crippen LogP) is 1.85. The Morgan fingerprint density at radius 2 is 2.00 bits per heavy atom. The minimum absolute atomic E-state index is 0.00269. The highest BCUT2D eigenvalue weighted by molar-refractivity contribution is 7.80. The monoisotopic (exact) mass is 268 g/mol. The van der Waals surface area contributed by atoms with Gasteiger partial charge in [0.1, 0.15) is 6.54 Å². The smallest absolute Gasteiger partial charge is 0.392 e. The lowest BCUT2D eigenvalue weighted by Gasteiger charge is -2.42. The fraction of sp³-hybridized carbons (Fsp3) is 0.800. The molecule has 0 spiro atoms. The van der Waals surface area contributed by atoms with Crippen molar-refractivity contribution in [2.45, 2.75) is 32.4 Å². The van der Waals surface area contributed by atoms with Crippen LogP contribution in [0.15, 0.2) is 0 Å². The Hall–Kier alpha value is -0.850. The minimum Gasteiger partial charge on any atom is -0.392 e. The highest BCUT2D eigenvalue weighted by Crippen LogP contribution is 2.43. The fourth-order valence-electron chi connectivity index (χ4n) is 1.94. The lowest BCUT2D eigenvalue weighted by atomic mass is 9.67. The molecule has 1 rings (SSSR count). The molecule has 1 fully saturated rings. The zero-order chi connectivity index (χ0) is 13.3. The maximum atomic E-state index is 12.3. The largest absolute Gasteiger partial charge is 0.406 e. The summed E-state index contributed by atoms with van der Waals surface area (Å²) in [5.74, 6) is -0.587. The molecular weight excluding hydrogens is 253 g/mol. The molecule has 0 aromatic rings. The SMILES string of the molecule is CCN(CC(F)(F)F)C(=O)C1(C(N)=S)CCC1. The van der Waals surface area contributed by atoms with Crippen molar-refractivity contribution in [3.05, 3.63) is 0 Å². The van der Waals surface area contributed by atoms with E-state index in [0.717, 1.165) is 11.3 Å². The molecule has 0 radical (unpaired) electrons. The van der Waals surface area contributed by atoms with Crippen LogP contribution in [0.3, 0.4) is 0 Å². The molecule has 0 heterocycles. The van der Waals surface area contributed by atoms with Gasteiger partial charge in [-0.25, -0.2) is 0 Å². The average Bonchev–Trinajstić information content (AvgIpc) is 2.09. The van der Waals surface area contributed by atoms with E-state index in [2.05, 4.69) is 0 Å². The number of nitrogens with zero attached hydrogens (tertiary/aromatic N) is 1. The molecule has 0 atom stereocenters. The Balaban J connectivity index is 2.82. The molecule has 17 heavy (non-hydrogen) atoms. The topological polar surface area (TPSA) is 46.3 Å². The van der Waals surface area contributed by atoms with Crippen LogP contribution in [-0.2, 0) is 4.79 Å². The Morgan fingerprint density at radius 1 is 1.47 bits per heavy atom. The Kier molecular flexibility index (Phi) is 4.01. The van der Waals surface area contributed by atoms with Crippen LogP contribution < -0.4 is 5.73 Å². The van der Waals surface area contributed by atoms with Crippen molar-refractivity contribution in [2.75, 3.05) is 13.1 Å². The van der Waals surface area contributed by atoms with Crippen LogP contribution in [0.5, 0.6) is 0 Å². The molecule has 0 unspecified atom stereocenters. The maximum absolute atomic E-state index is 12.3. The van der Waals surface area contributed by atoms with Gasteiger partial charge in [-0.05, 0) is 19.8 Å². The van der Waals surface area contributed by atoms with Crippen LogP contribution in [0, 0.1) is 5.41 Å². The summed E-state index contributed by atoms with van der Waals surface area (Å²) >= 11 is 4.81. The Bertz CT molecular complexity index is 326. The van der Waals surface area contributed by atoms with Crippen LogP contribution in [0.1, 0.15) is 26.2 Å². The van der Waals surface area contributed by atoms with Gasteiger partial charge < -0.3 is 10.6 Å². The standard InChI is InChI=1S/C10H15F3N2OS/c1-2-15(6-10(11,12)13)8(16)9(7(14)17)4-3-5-9/h2-6H2,1H3,(H2,14,17). The van der Waals surface area contributed by atoms with E-state index in [1.54, 1.807) is 0 Å². The Morgan fingerprint density at radius 3 is 2.24 bits per heavy atom. The summed E-state index contributed by atoms with van der Waals surface area (Å²) < 4.78 is 36.9. The van der Waals surface area contributed by atoms with Crippen LogP contribution >= 0.6 is 12.2 Å². The zero-order valence-electron chi connectivity index (χ0n) is 9.51. The van der Waals surface area contributed by atoms with Crippen LogP contribution in [0.25, 0.3) is 0 Å². The van der Waals surface area contributed by atoms with E-state index in [1.807, 2.05) is 0 Å². The average molecular weight is 268 g/mol. The van der Waals surface area contributed by atoms with E-state index in [-0.39, 0.29) is 11.5 Å². The second-order valence-electron chi connectivity index (χ2n) is 4.23. The van der Waals surface area contributed by atoms with E-state index in [1.165, 1.54) is 6.92 Å². The molecular formula is C10H15F3N2OS. The first kappa shape index (κ1) is 14.2. The molecule has 1 aliphatic rings. The normalized spacial score (nSPS) is 18.4. The zero-order valence-corrected chi connectivity index (χ0v) is 10.3. The highest BCUT2D eigenvalue weighted by atomic mass is 32.1. The minimum atomic E-state index is -4.40. The van der Waals surface area contributed by atoms with Gasteiger partial charge in [0, 0.05) is 6.54 Å². The molecule has 0 aromatic heterocycles. The van der Waals surface area contributed by atoms with Crippen molar-refractivity contribution in [2.24, 2.45) is 11.1 Å². The van der Waals surface area contributed by atoms with Crippen molar-refractivity contribution in [1.29, 1.82) is 0 Å². The number of hydrogen-bond donors (Lipinski definition) is 1. The van der Waals surface area contributed by atoms with E-state index in [0.29, 0.717) is 12.8 Å². The molecule has 1 amide bonds. The molecule has 0 saturated heterocycles. The Labute approximate surface area is 103 Å². The lowest BCUT2D eigenvalue weighted by Crippen LogP contribution is -2.55. The number of thiocarbonyl (C=S) groups is 1. The van der Waals surface area contributed by atoms with Crippen LogP contribution in [0.4, 0.5) is 13.2 Å². The van der Waals surface area contributed by atoms with Gasteiger partial charge in [0.15, 0.2) is 0 Å². The first-order valence-corrected chi connectivity index (χ1v) is 5.80. The third-order valence-corrected chi connectivity index (χ3v) is 3.52. The van der Waals surface area contributed by atoms with Gasteiger partial charge in [-0.15, -0.1) is 0 Å². The lowest BCUT2D eigenvalue weighted by molar-refractivity contribution is -0.167. The van der Waals surface area contributed by atoms with E-state index in [4.69, 9.17) is 18.0 Å². The number of carbonyl (C=O) groups is 1. The number of nitrogens with two attached hydrogens (primary N) is 1. The summed E-state index contributed by atoms with van der Waals surface area (Å²) in [5, 5.41) is 0. The molecule has 7 heteroatoms. The van der Waals surface area contributed by atoms with Crippen molar-refractivity contribution < 1.29 is 18.0 Å². The van der Waals surface area contributed by atoms with E-state index in [9.17, 15) is 18.0 Å². The summed E-state index contributed by atoms with van der Waals surface area (Å²) in [6.07, 6.45) is -2.72. The quantitative estimate of drug-likeness (QED) is 0.792. The van der Waals surface area contributed by atoms with Gasteiger partial charge in [0.2, 0.25) is 5.91 Å². The van der Waals surface area contributed by atoms with Gasteiger partial charge in [0.05, 0.1) is 10.4 Å². The number of halogens is 3. The molecule has 0 aromatic carbocycles. The summed E-state index contributed by atoms with van der Waals surface area (Å²) in [5.41, 5.74) is 4.46. The molecule has 1 aliphatic carbocycles. The highest BCUT2D eigenvalue weighted by Gasteiger charge is 2.50. The summed E-state index contributed by atoms with van der Waals surface area (Å²) in [6.45, 7) is 0.269. The van der Waals surface area contributed by atoms with Crippen molar-refractivity contribution in [3.8, 4) is 0 Å². The van der Waals surface area contributed by atoms with E-state index < -0.39 is 24.0 Å². The van der Waals surface area contributed by atoms with Crippen LogP contribution in [0.2, 0.25) is 0 Å². The summed E-state index contributed by atoms with van der Waals surface area (Å²) in [6, 6.07) is 0. The number of hydrogen-bond acceptors (Lipinski definition) is 2. The van der Waals surface area contributed by atoms with E-state index >= 15 is 0 Å². The first-order chi connectivity index (χ1) is 7.73. The van der Waals surface area contributed by atoms with Gasteiger partial charge in [-0.3, -0.25) is 4.79 Å². The predicted molar refractivity (Wildman–Crippen MR) is 61.4 cm³/mol. The molecule has 98 valence electrons. The molecule has 1 saturated carbocycles. The third-order valence-electron chi connectivity index (χ3n) is 3.13. The maximum Gasteiger partial charge on any atom is 0.406 e. The summed E-state index contributed by atoms with van der Waals surface area (Å²) in [4.78, 5) is 12.8. The molecule has 0 aliphatic heterocycles. The molecule has 3 nitrogen and oxygen atoms in total. The fourth-order valence-corrected chi connectivity index (χ4v) is 2.23. The molecule has 2 N–H and O–H groups in total. The summed E-state index contributed by atoms with van der Waals surface area (Å²) in [7, 11) is 0. The number of rotatable bonds is 4. The number of carbonyl (C=O) groups excluding carboxylic acids is 1. The van der Waals surface area contributed by atoms with Crippen LogP contribution in [-0.4, -0.2) is 35.1 Å². The van der Waals surface area contributed by atoms with Crippen molar-refractivity contribution >= 4 is 23.1 Å². The molecule has 0 bridgehead atoms. The number of alkyl halides is 3. The van der Waals surface area contributed by atoms with Gasteiger partial charge in [-0.1, -0.05) is 18.6 Å². The first-order valence-electron chi connectivity index (χ1n) is 5.39. The van der Waals surface area contributed by atoms with Gasteiger partial charge >= 0.3 is 6.18 Å². The van der Waals surface area contributed by atoms with Crippen molar-refractivity contribution in [1.82, 2.24) is 4.90 Å². The number of amides is 1. The van der Waals surface area contributed by atoms with Gasteiger partial charge in [0.25, 0.3) is 0 Å². The second-order valence-corrected chi connectivity index (χ2v) is 4.67. The second kappa shape index (κ2) is 4.80.